The summed E-state index contributed by atoms with van der Waals surface area (Å²) in [6.07, 6.45) is 4.24. The smallest absolute Gasteiger partial charge is 0.155 e. The lowest BCUT2D eigenvalue weighted by Gasteiger charge is -2.03. The second-order valence-corrected chi connectivity index (χ2v) is 3.73. The monoisotopic (exact) mass is 169 g/mol. The van der Waals surface area contributed by atoms with Crippen LogP contribution in [-0.2, 0) is 4.79 Å². The van der Waals surface area contributed by atoms with Crippen molar-refractivity contribution in [3.63, 3.8) is 0 Å². The molecule has 0 heterocycles. The van der Waals surface area contributed by atoms with E-state index in [1.165, 1.54) is 0 Å². The lowest BCUT2D eigenvalue weighted by atomic mass is 10.1. The molecule has 0 aromatic rings. The number of carbonyl (C=O) groups excluding carboxylic acids is 1. The number of ketones is 1. The summed E-state index contributed by atoms with van der Waals surface area (Å²) in [5.74, 6) is 0.688. The largest absolute Gasteiger partial charge is 0.306 e. The topological polar surface area (TPSA) is 20.3 Å². The molecule has 0 saturated carbocycles. The molecule has 0 radical (unpaired) electrons. The molecule has 0 aliphatic carbocycles. The van der Waals surface area contributed by atoms with E-state index in [0.717, 1.165) is 6.54 Å². The van der Waals surface area contributed by atoms with Crippen LogP contribution < -0.4 is 0 Å². The van der Waals surface area contributed by atoms with E-state index in [2.05, 4.69) is 13.8 Å². The zero-order chi connectivity index (χ0) is 9.56. The first kappa shape index (κ1) is 11.4. The Morgan fingerprint density at radius 1 is 1.42 bits per heavy atom. The van der Waals surface area contributed by atoms with E-state index in [1.54, 1.807) is 6.08 Å². The van der Waals surface area contributed by atoms with E-state index in [-0.39, 0.29) is 5.78 Å². The molecule has 2 nitrogen and oxygen atoms in total. The average Bonchev–Trinajstić information content (AvgIpc) is 1.84. The molecule has 0 saturated heterocycles. The number of carbonyl (C=O) groups is 1. The Morgan fingerprint density at radius 2 is 2.00 bits per heavy atom. The molecule has 0 fully saturated rings. The second kappa shape index (κ2) is 5.95. The molecule has 0 atom stereocenters. The molecule has 0 spiro atoms. The highest BCUT2D eigenvalue weighted by atomic mass is 16.1. The van der Waals surface area contributed by atoms with Gasteiger partial charge in [-0.1, -0.05) is 19.9 Å². The van der Waals surface area contributed by atoms with E-state index >= 15 is 0 Å². The molecule has 0 unspecified atom stereocenters. The van der Waals surface area contributed by atoms with Gasteiger partial charge in [-0.15, -0.1) is 0 Å². The van der Waals surface area contributed by atoms with Gasteiger partial charge in [0.15, 0.2) is 5.78 Å². The molecule has 0 aromatic heterocycles. The maximum absolute atomic E-state index is 11.1. The average molecular weight is 169 g/mol. The molecule has 0 N–H and O–H groups in total. The predicted octanol–water partition coefficient (Wildman–Crippen LogP) is 1.72. The number of likely N-dealkylation sites (N-methyl/N-ethyl adjacent to an activating group) is 1. The normalized spacial score (nSPS) is 11.8. The lowest BCUT2D eigenvalue weighted by Crippen LogP contribution is -2.11. The maximum Gasteiger partial charge on any atom is 0.155 e. The van der Waals surface area contributed by atoms with Gasteiger partial charge in [-0.2, -0.15) is 0 Å². The Hall–Kier alpha value is -0.630. The van der Waals surface area contributed by atoms with Crippen LogP contribution in [-0.4, -0.2) is 31.3 Å². The van der Waals surface area contributed by atoms with Crippen LogP contribution >= 0.6 is 0 Å². The van der Waals surface area contributed by atoms with Crippen LogP contribution in [0.5, 0.6) is 0 Å². The fourth-order valence-electron chi connectivity index (χ4n) is 0.865. The van der Waals surface area contributed by atoms with Crippen LogP contribution in [0.3, 0.4) is 0 Å². The van der Waals surface area contributed by atoms with Crippen LogP contribution in [0.15, 0.2) is 12.2 Å². The van der Waals surface area contributed by atoms with Crippen molar-refractivity contribution in [3.8, 4) is 0 Å². The Kier molecular flexibility index (Phi) is 5.64. The van der Waals surface area contributed by atoms with Crippen molar-refractivity contribution in [2.45, 2.75) is 20.3 Å². The van der Waals surface area contributed by atoms with Gasteiger partial charge < -0.3 is 4.90 Å². The minimum absolute atomic E-state index is 0.229. The first-order chi connectivity index (χ1) is 5.52. The van der Waals surface area contributed by atoms with Crippen molar-refractivity contribution >= 4 is 5.78 Å². The van der Waals surface area contributed by atoms with Gasteiger partial charge in [0.25, 0.3) is 0 Å². The number of hydrogen-bond acceptors (Lipinski definition) is 2. The van der Waals surface area contributed by atoms with E-state index in [1.807, 2.05) is 25.1 Å². The molecule has 0 bridgehead atoms. The molecule has 12 heavy (non-hydrogen) atoms. The van der Waals surface area contributed by atoms with Crippen molar-refractivity contribution < 1.29 is 4.79 Å². The highest BCUT2D eigenvalue weighted by Crippen LogP contribution is 2.00. The van der Waals surface area contributed by atoms with Gasteiger partial charge in [0.1, 0.15) is 0 Å². The second-order valence-electron chi connectivity index (χ2n) is 3.73. The Bertz CT molecular complexity index is 159. The fraction of sp³-hybridized carbons (Fsp3) is 0.700. The van der Waals surface area contributed by atoms with Gasteiger partial charge in [-0.3, -0.25) is 4.79 Å². The molecule has 0 aliphatic heterocycles. The van der Waals surface area contributed by atoms with E-state index < -0.39 is 0 Å². The van der Waals surface area contributed by atoms with Gasteiger partial charge in [0.05, 0.1) is 0 Å². The molecule has 0 aliphatic rings. The predicted molar refractivity (Wildman–Crippen MR) is 52.2 cm³/mol. The molecule has 0 rings (SSSR count). The summed E-state index contributed by atoms with van der Waals surface area (Å²) < 4.78 is 0. The van der Waals surface area contributed by atoms with Crippen molar-refractivity contribution in [2.24, 2.45) is 5.92 Å². The minimum atomic E-state index is 0.229. The van der Waals surface area contributed by atoms with Crippen LogP contribution in [0.25, 0.3) is 0 Å². The molecular formula is C10H19NO. The van der Waals surface area contributed by atoms with Gasteiger partial charge >= 0.3 is 0 Å². The van der Waals surface area contributed by atoms with Crippen molar-refractivity contribution in [2.75, 3.05) is 20.6 Å². The zero-order valence-electron chi connectivity index (χ0n) is 8.50. The minimum Gasteiger partial charge on any atom is -0.306 e. The summed E-state index contributed by atoms with van der Waals surface area (Å²) in [5, 5.41) is 0. The number of nitrogens with zero attached hydrogens (tertiary/aromatic N) is 1. The summed E-state index contributed by atoms with van der Waals surface area (Å²) in [6, 6.07) is 0. The van der Waals surface area contributed by atoms with Gasteiger partial charge in [-0.05, 0) is 26.1 Å². The Labute approximate surface area is 75.3 Å². The maximum atomic E-state index is 11.1. The van der Waals surface area contributed by atoms with Crippen LogP contribution in [0.1, 0.15) is 20.3 Å². The first-order valence-corrected chi connectivity index (χ1v) is 4.36. The summed E-state index contributed by atoms with van der Waals surface area (Å²) in [4.78, 5) is 13.2. The van der Waals surface area contributed by atoms with E-state index in [0.29, 0.717) is 12.3 Å². The molecular weight excluding hydrogens is 150 g/mol. The summed E-state index contributed by atoms with van der Waals surface area (Å²) in [6.45, 7) is 4.94. The van der Waals surface area contributed by atoms with E-state index in [4.69, 9.17) is 0 Å². The third kappa shape index (κ3) is 7.48. The highest BCUT2D eigenvalue weighted by molar-refractivity contribution is 5.89. The van der Waals surface area contributed by atoms with Crippen LogP contribution in [0, 0.1) is 5.92 Å². The van der Waals surface area contributed by atoms with Crippen molar-refractivity contribution in [1.29, 1.82) is 0 Å². The molecule has 2 heteroatoms. The standard InChI is InChI=1S/C10H19NO/c1-9(2)8-10(12)6-5-7-11(3)4/h5-6,9H,7-8H2,1-4H3. The summed E-state index contributed by atoms with van der Waals surface area (Å²) >= 11 is 0. The summed E-state index contributed by atoms with van der Waals surface area (Å²) in [5.41, 5.74) is 0. The quantitative estimate of drug-likeness (QED) is 0.584. The van der Waals surface area contributed by atoms with E-state index in [9.17, 15) is 4.79 Å². The fourth-order valence-corrected chi connectivity index (χ4v) is 0.865. The number of hydrogen-bond donors (Lipinski definition) is 0. The number of allylic oxidation sites excluding steroid dienone is 1. The molecule has 0 aromatic carbocycles. The third-order valence-electron chi connectivity index (χ3n) is 1.38. The van der Waals surface area contributed by atoms with Crippen LogP contribution in [0.2, 0.25) is 0 Å². The number of rotatable bonds is 5. The zero-order valence-corrected chi connectivity index (χ0v) is 8.50. The highest BCUT2D eigenvalue weighted by Gasteiger charge is 1.99. The van der Waals surface area contributed by atoms with Gasteiger partial charge in [0.2, 0.25) is 0 Å². The third-order valence-corrected chi connectivity index (χ3v) is 1.38. The Morgan fingerprint density at radius 3 is 2.42 bits per heavy atom. The van der Waals surface area contributed by atoms with Crippen LogP contribution in [0.4, 0.5) is 0 Å². The van der Waals surface area contributed by atoms with Gasteiger partial charge in [0, 0.05) is 13.0 Å². The SMILES string of the molecule is CC(C)CC(=O)C=CCN(C)C. The molecule has 0 amide bonds. The first-order valence-electron chi connectivity index (χ1n) is 4.36. The Balaban J connectivity index is 3.61. The van der Waals surface area contributed by atoms with Crippen molar-refractivity contribution in [3.05, 3.63) is 12.2 Å². The van der Waals surface area contributed by atoms with Gasteiger partial charge in [-0.25, -0.2) is 0 Å². The molecule has 70 valence electrons. The summed E-state index contributed by atoms with van der Waals surface area (Å²) in [7, 11) is 3.97. The van der Waals surface area contributed by atoms with Crippen molar-refractivity contribution in [1.82, 2.24) is 4.90 Å². The lowest BCUT2D eigenvalue weighted by molar-refractivity contribution is -0.115.